The van der Waals surface area contributed by atoms with E-state index in [9.17, 15) is 37.4 Å². The second-order valence-electron chi connectivity index (χ2n) is 6.03. The molecular formula is C12H28O24P4. The first kappa shape index (κ1) is 45.9. The van der Waals surface area contributed by atoms with Crippen molar-refractivity contribution in [2.75, 3.05) is 19.8 Å². The van der Waals surface area contributed by atoms with Crippen LogP contribution in [0.15, 0.2) is 0 Å². The van der Waals surface area contributed by atoms with Gasteiger partial charge in [0.1, 0.15) is 18.3 Å². The van der Waals surface area contributed by atoms with E-state index in [2.05, 4.69) is 18.1 Å². The zero-order chi connectivity index (χ0) is 33.0. The molecule has 0 aliphatic rings. The Balaban J connectivity index is -0.000000216. The van der Waals surface area contributed by atoms with Crippen molar-refractivity contribution in [2.24, 2.45) is 0 Å². The third-order valence-corrected chi connectivity index (χ3v) is 4.23. The minimum atomic E-state index is -4.75. The zero-order valence-corrected chi connectivity index (χ0v) is 23.3. The summed E-state index contributed by atoms with van der Waals surface area (Å²) in [5.41, 5.74) is 0. The van der Waals surface area contributed by atoms with Crippen molar-refractivity contribution >= 4 is 55.9 Å². The van der Waals surface area contributed by atoms with Gasteiger partial charge in [0.25, 0.3) is 0 Å². The van der Waals surface area contributed by atoms with Crippen molar-refractivity contribution in [1.29, 1.82) is 0 Å². The molecule has 0 saturated heterocycles. The lowest BCUT2D eigenvalue weighted by Gasteiger charge is -2.07. The fraction of sp³-hybridized carbons (Fsp3) is 0.667. The predicted octanol–water partition coefficient (Wildman–Crippen LogP) is -5.03. The van der Waals surface area contributed by atoms with Gasteiger partial charge in [-0.2, -0.15) is 0 Å². The summed E-state index contributed by atoms with van der Waals surface area (Å²) >= 11 is 0. The number of aliphatic hydroxyl groups is 4. The van der Waals surface area contributed by atoms with Crippen molar-refractivity contribution in [2.45, 2.75) is 31.5 Å². The molecule has 0 saturated carbocycles. The normalized spacial score (nSPS) is 14.7. The Morgan fingerprint density at radius 2 is 0.800 bits per heavy atom. The van der Waals surface area contributed by atoms with Crippen LogP contribution in [0.3, 0.4) is 0 Å². The fourth-order valence-electron chi connectivity index (χ4n) is 0.843. The molecular weight excluding hydrogens is 652 g/mol. The largest absolute Gasteiger partial charge is 0.472 e. The van der Waals surface area contributed by atoms with Gasteiger partial charge in [-0.15, -0.1) is 0 Å². The maximum Gasteiger partial charge on any atom is 0.472 e. The van der Waals surface area contributed by atoms with Crippen LogP contribution < -0.4 is 0 Å². The summed E-state index contributed by atoms with van der Waals surface area (Å²) in [6.45, 7) is -1.12. The van der Waals surface area contributed by atoms with Gasteiger partial charge in [-0.05, 0) is 6.92 Å². The Hall–Kier alpha value is -1.04. The summed E-state index contributed by atoms with van der Waals surface area (Å²) in [5.74, 6) is -0.858. The van der Waals surface area contributed by atoms with Crippen LogP contribution in [-0.2, 0) is 55.5 Å². The van der Waals surface area contributed by atoms with Crippen LogP contribution in [-0.4, -0.2) is 129 Å². The molecule has 0 aromatic heterocycles. The lowest BCUT2D eigenvalue weighted by Crippen LogP contribution is -2.19. The lowest BCUT2D eigenvalue weighted by molar-refractivity contribution is -0.140. The molecule has 0 aliphatic carbocycles. The molecule has 0 radical (unpaired) electrons. The molecule has 0 spiro atoms. The number of carbonyl (C=O) groups excluding carboxylic acids is 4. The SMILES string of the molecule is CC(=O)C(O)OP(=O)(O)O.O=CC(O)COP(=O)(O)O.O=CC(O)COP(=O)(O)O.O=CC(O)COP(=O)(O)O. The van der Waals surface area contributed by atoms with Gasteiger partial charge in [0.2, 0.25) is 6.29 Å². The van der Waals surface area contributed by atoms with Crippen LogP contribution in [0.2, 0.25) is 0 Å². The number of rotatable bonds is 15. The molecule has 12 N–H and O–H groups in total. The van der Waals surface area contributed by atoms with E-state index in [1.807, 2.05) is 0 Å². The molecule has 0 rings (SSSR count). The highest BCUT2D eigenvalue weighted by atomic mass is 31.2. The number of ketones is 1. The van der Waals surface area contributed by atoms with E-state index in [1.54, 1.807) is 0 Å². The van der Waals surface area contributed by atoms with Crippen LogP contribution >= 0.6 is 31.3 Å². The number of hydrogen-bond acceptors (Lipinski definition) is 16. The van der Waals surface area contributed by atoms with Crippen LogP contribution in [0, 0.1) is 0 Å². The number of aliphatic hydroxyl groups excluding tert-OH is 4. The topological polar surface area (TPSA) is 416 Å². The molecule has 4 unspecified atom stereocenters. The molecule has 28 heteroatoms. The van der Waals surface area contributed by atoms with Gasteiger partial charge in [0.05, 0.1) is 19.8 Å². The second-order valence-corrected chi connectivity index (χ2v) is 10.9. The summed E-state index contributed by atoms with van der Waals surface area (Å²) < 4.78 is 54.5. The third kappa shape index (κ3) is 46.8. The van der Waals surface area contributed by atoms with E-state index in [1.165, 1.54) is 0 Å². The van der Waals surface area contributed by atoms with Gasteiger partial charge in [-0.1, -0.05) is 0 Å². The Morgan fingerprint density at radius 1 is 0.575 bits per heavy atom. The molecule has 240 valence electrons. The van der Waals surface area contributed by atoms with E-state index in [0.29, 0.717) is 0 Å². The Bertz CT molecular complexity index is 827. The number of carbonyl (C=O) groups is 4. The highest BCUT2D eigenvalue weighted by Crippen LogP contribution is 2.37. The summed E-state index contributed by atoms with van der Waals surface area (Å²) in [6.07, 6.45) is -6.12. The summed E-state index contributed by atoms with van der Waals surface area (Å²) in [5, 5.41) is 33.6. The van der Waals surface area contributed by atoms with E-state index in [-0.39, 0.29) is 18.9 Å². The highest BCUT2D eigenvalue weighted by molar-refractivity contribution is 7.47. The molecule has 40 heavy (non-hydrogen) atoms. The van der Waals surface area contributed by atoms with E-state index in [0.717, 1.165) is 6.92 Å². The highest BCUT2D eigenvalue weighted by Gasteiger charge is 2.23. The lowest BCUT2D eigenvalue weighted by atomic mass is 10.4. The molecule has 0 amide bonds. The second kappa shape index (κ2) is 22.5. The molecule has 0 aromatic carbocycles. The van der Waals surface area contributed by atoms with Gasteiger partial charge in [0, 0.05) is 0 Å². The summed E-state index contributed by atoms with van der Waals surface area (Å²) in [7, 11) is -18.4. The number of hydrogen-bond donors (Lipinski definition) is 12. The average Bonchev–Trinajstić information content (AvgIpc) is 2.78. The van der Waals surface area contributed by atoms with Gasteiger partial charge < -0.3 is 74.0 Å². The fourth-order valence-corrected chi connectivity index (χ4v) is 2.29. The number of phosphoric acid groups is 4. The first-order chi connectivity index (χ1) is 17.7. The van der Waals surface area contributed by atoms with E-state index >= 15 is 0 Å². The van der Waals surface area contributed by atoms with Crippen LogP contribution in [0.5, 0.6) is 0 Å². The van der Waals surface area contributed by atoms with Crippen molar-refractivity contribution < 1.29 is 115 Å². The minimum absolute atomic E-state index is 0.121. The van der Waals surface area contributed by atoms with Crippen LogP contribution in [0.1, 0.15) is 6.92 Å². The van der Waals surface area contributed by atoms with E-state index < -0.39 is 81.5 Å². The first-order valence-electron chi connectivity index (χ1n) is 9.12. The predicted molar refractivity (Wildman–Crippen MR) is 120 cm³/mol. The van der Waals surface area contributed by atoms with Gasteiger partial charge in [-0.25, -0.2) is 22.8 Å². The Morgan fingerprint density at radius 3 is 0.900 bits per heavy atom. The molecule has 0 aromatic rings. The zero-order valence-electron chi connectivity index (χ0n) is 19.7. The average molecular weight is 680 g/mol. The monoisotopic (exact) mass is 680 g/mol. The van der Waals surface area contributed by atoms with E-state index in [4.69, 9.17) is 59.6 Å². The minimum Gasteiger partial charge on any atom is -0.383 e. The number of Topliss-reactive ketones (excluding diaryl/α,β-unsaturated/α-hetero) is 1. The molecule has 0 heterocycles. The number of phosphoric ester groups is 4. The molecule has 24 nitrogen and oxygen atoms in total. The molecule has 0 fully saturated rings. The molecule has 4 atom stereocenters. The maximum atomic E-state index is 10.1. The maximum absolute atomic E-state index is 10.1. The van der Waals surface area contributed by atoms with Gasteiger partial charge in [-0.3, -0.25) is 18.4 Å². The van der Waals surface area contributed by atoms with Crippen molar-refractivity contribution in [1.82, 2.24) is 0 Å². The Labute approximate surface area is 223 Å². The van der Waals surface area contributed by atoms with Crippen molar-refractivity contribution in [3.8, 4) is 0 Å². The number of aldehydes is 3. The van der Waals surface area contributed by atoms with Gasteiger partial charge >= 0.3 is 31.3 Å². The van der Waals surface area contributed by atoms with Crippen LogP contribution in [0.25, 0.3) is 0 Å². The smallest absolute Gasteiger partial charge is 0.383 e. The van der Waals surface area contributed by atoms with Crippen LogP contribution in [0.4, 0.5) is 0 Å². The Kier molecular flexibility index (Phi) is 25.9. The summed E-state index contributed by atoms with van der Waals surface area (Å²) in [4.78, 5) is 103. The first-order valence-corrected chi connectivity index (χ1v) is 15.2. The molecule has 0 aliphatic heterocycles. The quantitative estimate of drug-likeness (QED) is 0.0437. The van der Waals surface area contributed by atoms with Crippen molar-refractivity contribution in [3.63, 3.8) is 0 Å². The van der Waals surface area contributed by atoms with Gasteiger partial charge in [0.15, 0.2) is 24.6 Å². The van der Waals surface area contributed by atoms with Crippen molar-refractivity contribution in [3.05, 3.63) is 0 Å². The standard InChI is InChI=1S/4C3H7O6P/c3*4-1-3(5)2-9-10(6,7)8;1-2(4)3(5)9-10(6,7)8/h3*1,3,5H,2H2,(H2,6,7,8);3,5H,1H3,(H2,6,7,8). The summed E-state index contributed by atoms with van der Waals surface area (Å²) in [6, 6.07) is 0. The molecule has 0 bridgehead atoms. The third-order valence-electron chi connectivity index (χ3n) is 2.30.